The first-order valence-corrected chi connectivity index (χ1v) is 8.90. The van der Waals surface area contributed by atoms with Crippen molar-refractivity contribution in [2.24, 2.45) is 0 Å². The van der Waals surface area contributed by atoms with Crippen molar-refractivity contribution in [1.82, 2.24) is 15.2 Å². The van der Waals surface area contributed by atoms with Gasteiger partial charge in [-0.05, 0) is 31.2 Å². The number of H-pyrrole nitrogens is 1. The highest BCUT2D eigenvalue weighted by Crippen LogP contribution is 2.31. The largest absolute Gasteiger partial charge is 0.497 e. The van der Waals surface area contributed by atoms with Gasteiger partial charge >= 0.3 is 0 Å². The van der Waals surface area contributed by atoms with Crippen molar-refractivity contribution in [2.45, 2.75) is 13.0 Å². The van der Waals surface area contributed by atoms with Gasteiger partial charge in [-0.15, -0.1) is 0 Å². The smallest absolute Gasteiger partial charge is 0.248 e. The van der Waals surface area contributed by atoms with E-state index in [2.05, 4.69) is 25.8 Å². The normalized spacial score (nSPS) is 12.2. The van der Waals surface area contributed by atoms with E-state index in [9.17, 15) is 4.79 Å². The third-order valence-electron chi connectivity index (χ3n) is 4.05. The summed E-state index contributed by atoms with van der Waals surface area (Å²) in [5, 5.41) is 14.6. The standard InChI is InChI=1S/C18H17N5O2S/c1-10(20-11-4-3-5-12(8-11)25-2)17(24)22-18-21-15-7-6-14-13(9-19-23-14)16(15)26-18/h3-10,20H,1-2H3,(H,19,23)(H,21,22,24). The number of aromatic amines is 1. The molecule has 1 atom stereocenters. The quantitative estimate of drug-likeness (QED) is 0.501. The van der Waals surface area contributed by atoms with Crippen LogP contribution in [0, 0.1) is 0 Å². The molecule has 0 aliphatic rings. The van der Waals surface area contributed by atoms with Gasteiger partial charge in [0.05, 0.1) is 29.0 Å². The highest BCUT2D eigenvalue weighted by atomic mass is 32.1. The SMILES string of the molecule is COc1cccc(NC(C)C(=O)Nc2nc3ccc4[nH]ncc4c3s2)c1. The number of carbonyl (C=O) groups excluding carboxylic acids is 1. The molecular formula is C18H17N5O2S. The summed E-state index contributed by atoms with van der Waals surface area (Å²) in [6, 6.07) is 10.9. The molecule has 7 nitrogen and oxygen atoms in total. The molecule has 4 rings (SSSR count). The molecule has 0 spiro atoms. The van der Waals surface area contributed by atoms with Crippen LogP contribution in [0.2, 0.25) is 0 Å². The van der Waals surface area contributed by atoms with Crippen molar-refractivity contribution in [3.05, 3.63) is 42.6 Å². The molecule has 0 fully saturated rings. The molecule has 1 unspecified atom stereocenters. The van der Waals surface area contributed by atoms with Gasteiger partial charge in [-0.25, -0.2) is 4.98 Å². The molecule has 0 aliphatic carbocycles. The maximum absolute atomic E-state index is 12.5. The lowest BCUT2D eigenvalue weighted by Crippen LogP contribution is -2.31. The van der Waals surface area contributed by atoms with Crippen LogP contribution in [0.1, 0.15) is 6.92 Å². The van der Waals surface area contributed by atoms with Gasteiger partial charge in [-0.3, -0.25) is 9.89 Å². The lowest BCUT2D eigenvalue weighted by Gasteiger charge is -2.14. The van der Waals surface area contributed by atoms with Gasteiger partial charge in [-0.2, -0.15) is 5.10 Å². The fourth-order valence-electron chi connectivity index (χ4n) is 2.70. The van der Waals surface area contributed by atoms with Crippen molar-refractivity contribution in [3.8, 4) is 5.75 Å². The first kappa shape index (κ1) is 16.3. The van der Waals surface area contributed by atoms with Gasteiger partial charge in [0.15, 0.2) is 5.13 Å². The first-order valence-electron chi connectivity index (χ1n) is 8.08. The van der Waals surface area contributed by atoms with Crippen LogP contribution in [0.25, 0.3) is 21.1 Å². The van der Waals surface area contributed by atoms with E-state index in [1.807, 2.05) is 36.4 Å². The number of ether oxygens (including phenoxy) is 1. The van der Waals surface area contributed by atoms with E-state index in [0.717, 1.165) is 32.6 Å². The van der Waals surface area contributed by atoms with Crippen molar-refractivity contribution in [1.29, 1.82) is 0 Å². The van der Waals surface area contributed by atoms with E-state index < -0.39 is 6.04 Å². The number of hydrogen-bond donors (Lipinski definition) is 3. The lowest BCUT2D eigenvalue weighted by molar-refractivity contribution is -0.116. The average molecular weight is 367 g/mol. The summed E-state index contributed by atoms with van der Waals surface area (Å²) in [5.41, 5.74) is 2.61. The Morgan fingerprint density at radius 3 is 3.04 bits per heavy atom. The number of amides is 1. The zero-order chi connectivity index (χ0) is 18.1. The molecule has 0 saturated carbocycles. The third kappa shape index (κ3) is 3.06. The van der Waals surface area contributed by atoms with Crippen molar-refractivity contribution >= 4 is 49.2 Å². The molecule has 2 aromatic heterocycles. The van der Waals surface area contributed by atoms with Crippen LogP contribution in [-0.2, 0) is 4.79 Å². The lowest BCUT2D eigenvalue weighted by atomic mass is 10.2. The third-order valence-corrected chi connectivity index (χ3v) is 5.07. The topological polar surface area (TPSA) is 91.9 Å². The van der Waals surface area contributed by atoms with Gasteiger partial charge in [0, 0.05) is 17.1 Å². The van der Waals surface area contributed by atoms with Gasteiger partial charge in [0.25, 0.3) is 0 Å². The molecular weight excluding hydrogens is 350 g/mol. The molecule has 3 N–H and O–H groups in total. The number of benzene rings is 2. The average Bonchev–Trinajstić information content (AvgIpc) is 3.27. The molecule has 4 aromatic rings. The molecule has 2 aromatic carbocycles. The van der Waals surface area contributed by atoms with E-state index in [1.165, 1.54) is 11.3 Å². The highest BCUT2D eigenvalue weighted by Gasteiger charge is 2.16. The second kappa shape index (κ2) is 6.64. The number of carbonyl (C=O) groups is 1. The van der Waals surface area contributed by atoms with Crippen LogP contribution in [0.3, 0.4) is 0 Å². The molecule has 0 saturated heterocycles. The highest BCUT2D eigenvalue weighted by molar-refractivity contribution is 7.23. The monoisotopic (exact) mass is 367 g/mol. The Labute approximate surface area is 153 Å². The van der Waals surface area contributed by atoms with Gasteiger partial charge in [0.2, 0.25) is 5.91 Å². The van der Waals surface area contributed by atoms with Crippen LogP contribution >= 0.6 is 11.3 Å². The number of fused-ring (bicyclic) bond motifs is 3. The molecule has 1 amide bonds. The van der Waals surface area contributed by atoms with Crippen LogP contribution in [-0.4, -0.2) is 34.2 Å². The number of nitrogens with zero attached hydrogens (tertiary/aromatic N) is 2. The van der Waals surface area contributed by atoms with Crippen LogP contribution in [0.5, 0.6) is 5.75 Å². The molecule has 26 heavy (non-hydrogen) atoms. The summed E-state index contributed by atoms with van der Waals surface area (Å²) in [7, 11) is 1.61. The van der Waals surface area contributed by atoms with E-state index in [4.69, 9.17) is 4.74 Å². The molecule has 0 bridgehead atoms. The number of anilines is 2. The summed E-state index contributed by atoms with van der Waals surface area (Å²) in [4.78, 5) is 17.0. The molecule has 0 aliphatic heterocycles. The van der Waals surface area contributed by atoms with E-state index in [-0.39, 0.29) is 5.91 Å². The van der Waals surface area contributed by atoms with Crippen molar-refractivity contribution < 1.29 is 9.53 Å². The Bertz CT molecular complexity index is 1090. The van der Waals surface area contributed by atoms with Crippen LogP contribution in [0.15, 0.2) is 42.6 Å². The van der Waals surface area contributed by atoms with Crippen molar-refractivity contribution in [2.75, 3.05) is 17.7 Å². The van der Waals surface area contributed by atoms with Gasteiger partial charge in [0.1, 0.15) is 11.8 Å². The maximum atomic E-state index is 12.5. The zero-order valence-electron chi connectivity index (χ0n) is 14.2. The summed E-state index contributed by atoms with van der Waals surface area (Å²) in [6.45, 7) is 1.80. The Morgan fingerprint density at radius 2 is 2.19 bits per heavy atom. The predicted octanol–water partition coefficient (Wildman–Crippen LogP) is 3.62. The Morgan fingerprint density at radius 1 is 1.31 bits per heavy atom. The maximum Gasteiger partial charge on any atom is 0.248 e. The van der Waals surface area contributed by atoms with Gasteiger partial charge < -0.3 is 15.4 Å². The summed E-state index contributed by atoms with van der Waals surface area (Å²) >= 11 is 1.44. The molecule has 2 heterocycles. The Balaban J connectivity index is 1.50. The second-order valence-electron chi connectivity index (χ2n) is 5.85. The number of methoxy groups -OCH3 is 1. The van der Waals surface area contributed by atoms with Crippen LogP contribution in [0.4, 0.5) is 10.8 Å². The minimum Gasteiger partial charge on any atom is -0.497 e. The zero-order valence-corrected chi connectivity index (χ0v) is 15.1. The van der Waals surface area contributed by atoms with E-state index in [1.54, 1.807) is 20.2 Å². The number of nitrogens with one attached hydrogen (secondary N) is 3. The summed E-state index contributed by atoms with van der Waals surface area (Å²) in [6.07, 6.45) is 1.77. The predicted molar refractivity (Wildman–Crippen MR) is 104 cm³/mol. The number of rotatable bonds is 5. The van der Waals surface area contributed by atoms with Crippen molar-refractivity contribution in [3.63, 3.8) is 0 Å². The Kier molecular flexibility index (Phi) is 4.18. The number of thiazole rings is 1. The fourth-order valence-corrected chi connectivity index (χ4v) is 3.68. The van der Waals surface area contributed by atoms with Gasteiger partial charge in [-0.1, -0.05) is 17.4 Å². The van der Waals surface area contributed by atoms with Crippen LogP contribution < -0.4 is 15.4 Å². The second-order valence-corrected chi connectivity index (χ2v) is 6.85. The minimum atomic E-state index is -0.428. The molecule has 132 valence electrons. The molecule has 8 heteroatoms. The number of hydrogen-bond acceptors (Lipinski definition) is 6. The van der Waals surface area contributed by atoms with E-state index in [0.29, 0.717) is 5.13 Å². The Hall–Kier alpha value is -3.13. The molecule has 0 radical (unpaired) electrons. The fraction of sp³-hybridized carbons (Fsp3) is 0.167. The first-order chi connectivity index (χ1) is 12.6. The van der Waals surface area contributed by atoms with E-state index >= 15 is 0 Å². The minimum absolute atomic E-state index is 0.157. The summed E-state index contributed by atoms with van der Waals surface area (Å²) in [5.74, 6) is 0.577. The summed E-state index contributed by atoms with van der Waals surface area (Å²) < 4.78 is 6.20. The number of aromatic nitrogens is 3.